The fourth-order valence-corrected chi connectivity index (χ4v) is 2.76. The Morgan fingerprint density at radius 3 is 2.26 bits per heavy atom. The first-order valence-corrected chi connectivity index (χ1v) is 7.35. The minimum absolute atomic E-state index is 0.561. The molecule has 2 aromatic carbocycles. The second-order valence-electron chi connectivity index (χ2n) is 4.90. The highest BCUT2D eigenvalue weighted by atomic mass is 35.5. The van der Waals surface area contributed by atoms with Gasteiger partial charge in [0.1, 0.15) is 0 Å². The number of halogens is 1. The van der Waals surface area contributed by atoms with Crippen LogP contribution in [0.25, 0.3) is 10.9 Å². The van der Waals surface area contributed by atoms with Gasteiger partial charge in [0.25, 0.3) is 0 Å². The molecule has 1 aromatic heterocycles. The van der Waals surface area contributed by atoms with E-state index in [9.17, 15) is 0 Å². The first-order chi connectivity index (χ1) is 11.2. The van der Waals surface area contributed by atoms with E-state index >= 15 is 0 Å². The normalized spacial score (nSPS) is 10.6. The number of hydrogen-bond acceptors (Lipinski definition) is 4. The molecule has 0 spiro atoms. The van der Waals surface area contributed by atoms with Crippen molar-refractivity contribution in [3.63, 3.8) is 0 Å². The Bertz CT molecular complexity index is 820. The maximum Gasteiger partial charge on any atom is 0.203 e. The summed E-state index contributed by atoms with van der Waals surface area (Å²) < 4.78 is 17.7. The van der Waals surface area contributed by atoms with E-state index in [1.54, 1.807) is 25.4 Å². The fourth-order valence-electron chi connectivity index (χ4n) is 2.55. The first kappa shape index (κ1) is 15.4. The van der Waals surface area contributed by atoms with Crippen LogP contribution in [0.1, 0.15) is 0 Å². The van der Waals surface area contributed by atoms with E-state index in [1.807, 2.05) is 42.6 Å². The van der Waals surface area contributed by atoms with Gasteiger partial charge in [-0.05, 0) is 18.2 Å². The lowest BCUT2D eigenvalue weighted by Gasteiger charge is -2.15. The van der Waals surface area contributed by atoms with Gasteiger partial charge in [-0.3, -0.25) is 4.09 Å². The highest BCUT2D eigenvalue weighted by molar-refractivity contribution is 6.19. The van der Waals surface area contributed by atoms with Gasteiger partial charge < -0.3 is 19.5 Å². The molecule has 0 unspecified atom stereocenters. The average molecular weight is 333 g/mol. The molecule has 0 atom stereocenters. The van der Waals surface area contributed by atoms with Gasteiger partial charge in [-0.25, -0.2) is 0 Å². The Balaban J connectivity index is 2.05. The molecule has 0 aliphatic carbocycles. The van der Waals surface area contributed by atoms with Crippen molar-refractivity contribution in [1.82, 2.24) is 4.09 Å². The third-order valence-electron chi connectivity index (χ3n) is 3.63. The molecule has 0 bridgehead atoms. The number of nitrogens with one attached hydrogen (secondary N) is 1. The van der Waals surface area contributed by atoms with Crippen LogP contribution in [0.15, 0.2) is 42.6 Å². The molecule has 5 nitrogen and oxygen atoms in total. The summed E-state index contributed by atoms with van der Waals surface area (Å²) in [6.45, 7) is 0. The summed E-state index contributed by atoms with van der Waals surface area (Å²) in [5.41, 5.74) is 2.70. The quantitative estimate of drug-likeness (QED) is 0.751. The number of fused-ring (bicyclic) bond motifs is 1. The van der Waals surface area contributed by atoms with Gasteiger partial charge >= 0.3 is 0 Å². The van der Waals surface area contributed by atoms with Gasteiger partial charge in [-0.2, -0.15) is 0 Å². The predicted molar refractivity (Wildman–Crippen MR) is 92.6 cm³/mol. The maximum absolute atomic E-state index is 6.11. The number of methoxy groups -OCH3 is 3. The Labute approximate surface area is 139 Å². The molecule has 3 rings (SSSR count). The molecule has 0 radical (unpaired) electrons. The van der Waals surface area contributed by atoms with Gasteiger partial charge in [0.05, 0.1) is 26.8 Å². The second kappa shape index (κ2) is 6.30. The number of ether oxygens (including phenoxy) is 3. The van der Waals surface area contributed by atoms with E-state index < -0.39 is 0 Å². The standard InChI is InChI=1S/C17H17ClN2O3/c1-21-15-9-11(10-16(22-2)17(15)23-3)19-13-5-4-6-14-12(13)7-8-20(14)18/h4-10,19H,1-3H3. The fraction of sp³-hybridized carbons (Fsp3) is 0.176. The Hall–Kier alpha value is -2.53. The lowest BCUT2D eigenvalue weighted by atomic mass is 10.2. The zero-order valence-corrected chi connectivity index (χ0v) is 13.8. The Kier molecular flexibility index (Phi) is 4.21. The minimum Gasteiger partial charge on any atom is -0.493 e. The summed E-state index contributed by atoms with van der Waals surface area (Å²) in [6, 6.07) is 11.6. The zero-order valence-electron chi connectivity index (χ0n) is 13.1. The van der Waals surface area contributed by atoms with Gasteiger partial charge in [0, 0.05) is 46.9 Å². The number of benzene rings is 2. The van der Waals surface area contributed by atoms with Crippen LogP contribution in [-0.4, -0.2) is 25.4 Å². The van der Waals surface area contributed by atoms with Crippen LogP contribution in [0.2, 0.25) is 0 Å². The van der Waals surface area contributed by atoms with Crippen LogP contribution in [0.3, 0.4) is 0 Å². The predicted octanol–water partition coefficient (Wildman–Crippen LogP) is 4.41. The molecule has 6 heteroatoms. The van der Waals surface area contributed by atoms with Crippen molar-refractivity contribution >= 4 is 34.1 Å². The number of anilines is 2. The lowest BCUT2D eigenvalue weighted by Crippen LogP contribution is -1.98. The maximum atomic E-state index is 6.11. The van der Waals surface area contributed by atoms with Gasteiger partial charge in [0.2, 0.25) is 5.75 Å². The van der Waals surface area contributed by atoms with Crippen LogP contribution in [-0.2, 0) is 0 Å². The molecule has 0 aliphatic rings. The molecular formula is C17H17ClN2O3. The van der Waals surface area contributed by atoms with Crippen molar-refractivity contribution in [1.29, 1.82) is 0 Å². The van der Waals surface area contributed by atoms with Crippen LogP contribution in [0, 0.1) is 0 Å². The molecule has 0 aliphatic heterocycles. The van der Waals surface area contributed by atoms with Crippen molar-refractivity contribution in [3.05, 3.63) is 42.6 Å². The zero-order chi connectivity index (χ0) is 16.4. The molecule has 0 saturated carbocycles. The number of rotatable bonds is 5. The number of aromatic nitrogens is 1. The summed E-state index contributed by atoms with van der Waals surface area (Å²) in [5, 5.41) is 4.40. The number of hydrogen-bond donors (Lipinski definition) is 1. The van der Waals surface area contributed by atoms with Crippen LogP contribution in [0.5, 0.6) is 17.2 Å². The molecule has 0 amide bonds. The van der Waals surface area contributed by atoms with Gasteiger partial charge in [0.15, 0.2) is 11.5 Å². The van der Waals surface area contributed by atoms with E-state index in [2.05, 4.69) is 5.32 Å². The Morgan fingerprint density at radius 2 is 1.65 bits per heavy atom. The highest BCUT2D eigenvalue weighted by Crippen LogP contribution is 2.41. The summed E-state index contributed by atoms with van der Waals surface area (Å²) in [4.78, 5) is 0. The van der Waals surface area contributed by atoms with E-state index in [0.717, 1.165) is 22.3 Å². The monoisotopic (exact) mass is 332 g/mol. The van der Waals surface area contributed by atoms with E-state index in [4.69, 9.17) is 26.0 Å². The SMILES string of the molecule is COc1cc(Nc2cccc3c2ccn3Cl)cc(OC)c1OC. The van der Waals surface area contributed by atoms with Crippen molar-refractivity contribution < 1.29 is 14.2 Å². The van der Waals surface area contributed by atoms with Crippen LogP contribution < -0.4 is 19.5 Å². The molecule has 1 heterocycles. The Morgan fingerprint density at radius 1 is 0.957 bits per heavy atom. The molecule has 0 saturated heterocycles. The molecule has 23 heavy (non-hydrogen) atoms. The van der Waals surface area contributed by atoms with E-state index in [-0.39, 0.29) is 0 Å². The number of nitrogens with zero attached hydrogens (tertiary/aromatic N) is 1. The summed E-state index contributed by atoms with van der Waals surface area (Å²) in [5.74, 6) is 1.75. The molecule has 0 fully saturated rings. The molecule has 3 aromatic rings. The summed E-state index contributed by atoms with van der Waals surface area (Å²) in [7, 11) is 4.77. The van der Waals surface area contributed by atoms with Crippen molar-refractivity contribution in [2.75, 3.05) is 26.6 Å². The molecular weight excluding hydrogens is 316 g/mol. The summed E-state index contributed by atoms with van der Waals surface area (Å²) >= 11 is 6.11. The highest BCUT2D eigenvalue weighted by Gasteiger charge is 2.14. The van der Waals surface area contributed by atoms with Crippen molar-refractivity contribution in [2.24, 2.45) is 0 Å². The van der Waals surface area contributed by atoms with Crippen LogP contribution in [0.4, 0.5) is 11.4 Å². The molecule has 120 valence electrons. The first-order valence-electron chi connectivity index (χ1n) is 7.01. The van der Waals surface area contributed by atoms with E-state index in [1.165, 1.54) is 0 Å². The lowest BCUT2D eigenvalue weighted by molar-refractivity contribution is 0.324. The van der Waals surface area contributed by atoms with Gasteiger partial charge in [-0.1, -0.05) is 6.07 Å². The van der Waals surface area contributed by atoms with Gasteiger partial charge in [-0.15, -0.1) is 0 Å². The van der Waals surface area contributed by atoms with Crippen LogP contribution >= 0.6 is 11.8 Å². The largest absolute Gasteiger partial charge is 0.493 e. The van der Waals surface area contributed by atoms with Crippen molar-refractivity contribution in [2.45, 2.75) is 0 Å². The summed E-state index contributed by atoms with van der Waals surface area (Å²) in [6.07, 6.45) is 1.81. The van der Waals surface area contributed by atoms with Crippen molar-refractivity contribution in [3.8, 4) is 17.2 Å². The minimum atomic E-state index is 0.561. The third kappa shape index (κ3) is 2.75. The second-order valence-corrected chi connectivity index (χ2v) is 5.27. The topological polar surface area (TPSA) is 44.7 Å². The third-order valence-corrected chi connectivity index (χ3v) is 3.92. The van der Waals surface area contributed by atoms with E-state index in [0.29, 0.717) is 17.2 Å². The average Bonchev–Trinajstić information content (AvgIpc) is 2.96. The smallest absolute Gasteiger partial charge is 0.203 e. The molecule has 1 N–H and O–H groups in total.